The van der Waals surface area contributed by atoms with E-state index in [2.05, 4.69) is 19.9 Å². The Kier molecular flexibility index (Phi) is 11.2. The Labute approximate surface area is 288 Å². The molecule has 1 aliphatic rings. The molecule has 248 valence electrons. The third-order valence-electron chi connectivity index (χ3n) is 7.83. The second-order valence-electron chi connectivity index (χ2n) is 11.2. The van der Waals surface area contributed by atoms with Gasteiger partial charge in [0.1, 0.15) is 35.6 Å². The smallest absolute Gasteiger partial charge is 0.319 e. The molecule has 0 aliphatic carbocycles. The standard InChI is InChI=1S/C32H32ClF3IN7O3/c1-18(34)31(45)44(24(37)9-10-38)12-11-43(3)30-22-15-39-28(21-6-4-5-19-7-8-23(35)26(33)25(19)21)27(36)29(22)40-32(41-30)47-17-20-16-42(2)13-14-46-20/h4-8,15,18,20,24H,9,11-14,16-17H2,1-3H3/t18?,20-,24+/m1/s1. The number of nitriles is 1. The Morgan fingerprint density at radius 1 is 1.28 bits per heavy atom. The second-order valence-corrected chi connectivity index (χ2v) is 13.0. The number of hydrogen-bond donors (Lipinski definition) is 0. The summed E-state index contributed by atoms with van der Waals surface area (Å²) in [5.74, 6) is -1.94. The van der Waals surface area contributed by atoms with E-state index in [0.717, 1.165) is 13.5 Å². The largest absolute Gasteiger partial charge is 0.461 e. The van der Waals surface area contributed by atoms with Crippen molar-refractivity contribution in [2.45, 2.75) is 29.7 Å². The summed E-state index contributed by atoms with van der Waals surface area (Å²) in [5, 5.41) is 10.2. The lowest BCUT2D eigenvalue weighted by molar-refractivity contribution is -0.136. The van der Waals surface area contributed by atoms with Crippen LogP contribution in [-0.4, -0.2) is 100 Å². The summed E-state index contributed by atoms with van der Waals surface area (Å²) >= 11 is 8.28. The van der Waals surface area contributed by atoms with E-state index >= 15 is 4.39 Å². The Morgan fingerprint density at radius 3 is 2.79 bits per heavy atom. The molecule has 47 heavy (non-hydrogen) atoms. The van der Waals surface area contributed by atoms with E-state index in [9.17, 15) is 18.8 Å². The van der Waals surface area contributed by atoms with Crippen molar-refractivity contribution in [1.82, 2.24) is 24.8 Å². The SMILES string of the molecule is CC(F)C(=O)N(CCN(C)c1nc(OC[C@H]2CN(C)CCO2)nc2c(F)c(-c3cccc4ccc(F)c(Cl)c34)ncc12)[C@H](I)CC#N. The van der Waals surface area contributed by atoms with Gasteiger partial charge in [-0.25, -0.2) is 13.2 Å². The number of nitrogens with zero attached hydrogens (tertiary/aromatic N) is 7. The molecular weight excluding hydrogens is 750 g/mol. The Balaban J connectivity index is 1.56. The van der Waals surface area contributed by atoms with Crippen molar-refractivity contribution < 1.29 is 27.4 Å². The minimum atomic E-state index is -1.76. The van der Waals surface area contributed by atoms with Crippen molar-refractivity contribution >= 4 is 67.6 Å². The third-order valence-corrected chi connectivity index (χ3v) is 9.32. The van der Waals surface area contributed by atoms with Gasteiger partial charge in [0, 0.05) is 50.4 Å². The van der Waals surface area contributed by atoms with Gasteiger partial charge in [0.15, 0.2) is 12.0 Å². The molecule has 0 bridgehead atoms. The number of likely N-dealkylation sites (N-methyl/N-ethyl adjacent to an activating group) is 2. The lowest BCUT2D eigenvalue weighted by atomic mass is 10.0. The number of carbonyl (C=O) groups is 1. The van der Waals surface area contributed by atoms with Crippen molar-refractivity contribution in [3.05, 3.63) is 53.2 Å². The van der Waals surface area contributed by atoms with Crippen LogP contribution in [0.1, 0.15) is 13.3 Å². The fraction of sp³-hybridized carbons (Fsp3) is 0.406. The molecule has 1 unspecified atom stereocenters. The highest BCUT2D eigenvalue weighted by Crippen LogP contribution is 2.38. The second kappa shape index (κ2) is 15.1. The highest BCUT2D eigenvalue weighted by molar-refractivity contribution is 14.1. The van der Waals surface area contributed by atoms with Crippen LogP contribution in [0.15, 0.2) is 36.5 Å². The van der Waals surface area contributed by atoms with Crippen LogP contribution in [0.4, 0.5) is 19.0 Å². The number of anilines is 1. The number of fused-ring (bicyclic) bond motifs is 2. The molecule has 0 saturated carbocycles. The van der Waals surface area contributed by atoms with Crippen LogP contribution in [0.2, 0.25) is 5.02 Å². The van der Waals surface area contributed by atoms with Crippen molar-refractivity contribution in [1.29, 1.82) is 5.26 Å². The first kappa shape index (κ1) is 34.8. The predicted molar refractivity (Wildman–Crippen MR) is 182 cm³/mol. The average Bonchev–Trinajstić information content (AvgIpc) is 3.05. The van der Waals surface area contributed by atoms with E-state index in [1.54, 1.807) is 36.2 Å². The molecule has 15 heteroatoms. The summed E-state index contributed by atoms with van der Waals surface area (Å²) in [6.45, 7) is 3.40. The van der Waals surface area contributed by atoms with Gasteiger partial charge < -0.3 is 24.2 Å². The van der Waals surface area contributed by atoms with Crippen molar-refractivity contribution in [3.63, 3.8) is 0 Å². The summed E-state index contributed by atoms with van der Waals surface area (Å²) in [5.41, 5.74) is 0.0831. The Bertz CT molecular complexity index is 1830. The molecular formula is C32H32ClF3IN7O3. The van der Waals surface area contributed by atoms with Gasteiger partial charge in [-0.3, -0.25) is 9.78 Å². The predicted octanol–water partition coefficient (Wildman–Crippen LogP) is 5.78. The zero-order valence-corrected chi connectivity index (χ0v) is 28.8. The molecule has 1 saturated heterocycles. The Hall–Kier alpha value is -3.52. The van der Waals surface area contributed by atoms with Gasteiger partial charge in [0.05, 0.1) is 33.6 Å². The highest BCUT2D eigenvalue weighted by atomic mass is 127. The lowest BCUT2D eigenvalue weighted by Gasteiger charge is -2.30. The number of hydrogen-bond acceptors (Lipinski definition) is 9. The van der Waals surface area contributed by atoms with Crippen LogP contribution >= 0.6 is 34.2 Å². The van der Waals surface area contributed by atoms with Gasteiger partial charge in [0.2, 0.25) is 0 Å². The molecule has 3 atom stereocenters. The molecule has 2 aromatic heterocycles. The molecule has 1 amide bonds. The van der Waals surface area contributed by atoms with Gasteiger partial charge in [-0.2, -0.15) is 15.2 Å². The molecule has 0 radical (unpaired) electrons. The van der Waals surface area contributed by atoms with Gasteiger partial charge in [-0.15, -0.1) is 0 Å². The first-order chi connectivity index (χ1) is 22.5. The van der Waals surface area contributed by atoms with Crippen molar-refractivity contribution in [3.8, 4) is 23.3 Å². The molecule has 4 aromatic rings. The number of amides is 1. The number of ether oxygens (including phenoxy) is 2. The molecule has 2 aromatic carbocycles. The molecule has 3 heterocycles. The van der Waals surface area contributed by atoms with Crippen molar-refractivity contribution in [2.75, 3.05) is 58.4 Å². The number of carbonyl (C=O) groups excluding carboxylic acids is 1. The fourth-order valence-electron chi connectivity index (χ4n) is 5.37. The van der Waals surface area contributed by atoms with Crippen LogP contribution in [0.3, 0.4) is 0 Å². The molecule has 10 nitrogen and oxygen atoms in total. The maximum absolute atomic E-state index is 16.6. The van der Waals surface area contributed by atoms with Crippen LogP contribution < -0.4 is 9.64 Å². The van der Waals surface area contributed by atoms with E-state index in [0.29, 0.717) is 23.9 Å². The fourth-order valence-corrected chi connectivity index (χ4v) is 6.40. The molecule has 5 rings (SSSR count). The van der Waals surface area contributed by atoms with Gasteiger partial charge in [-0.05, 0) is 25.4 Å². The van der Waals surface area contributed by atoms with Crippen LogP contribution in [0.5, 0.6) is 6.01 Å². The van der Waals surface area contributed by atoms with Gasteiger partial charge >= 0.3 is 6.01 Å². The third kappa shape index (κ3) is 7.64. The van der Waals surface area contributed by atoms with E-state index in [1.165, 1.54) is 17.2 Å². The van der Waals surface area contributed by atoms with Gasteiger partial charge in [-0.1, -0.05) is 58.5 Å². The van der Waals surface area contributed by atoms with Crippen LogP contribution in [0, 0.1) is 23.0 Å². The number of benzene rings is 2. The van der Waals surface area contributed by atoms with E-state index in [1.807, 2.05) is 35.7 Å². The summed E-state index contributed by atoms with van der Waals surface area (Å²) in [7, 11) is 3.65. The van der Waals surface area contributed by atoms with Crippen LogP contribution in [-0.2, 0) is 9.53 Å². The first-order valence-corrected chi connectivity index (χ1v) is 16.5. The first-order valence-electron chi connectivity index (χ1n) is 14.8. The van der Waals surface area contributed by atoms with Gasteiger partial charge in [0.25, 0.3) is 5.91 Å². The summed E-state index contributed by atoms with van der Waals surface area (Å²) in [4.78, 5) is 31.1. The number of morpholine rings is 1. The monoisotopic (exact) mass is 781 g/mol. The molecule has 0 N–H and O–H groups in total. The summed E-state index contributed by atoms with van der Waals surface area (Å²) < 4.78 is 56.3. The molecule has 1 fully saturated rings. The highest BCUT2D eigenvalue weighted by Gasteiger charge is 2.28. The van der Waals surface area contributed by atoms with E-state index in [-0.39, 0.29) is 71.2 Å². The summed E-state index contributed by atoms with van der Waals surface area (Å²) in [6, 6.07) is 9.74. The summed E-state index contributed by atoms with van der Waals surface area (Å²) in [6.07, 6.45) is -0.596. The lowest BCUT2D eigenvalue weighted by Crippen LogP contribution is -2.44. The maximum Gasteiger partial charge on any atom is 0.319 e. The Morgan fingerprint density at radius 2 is 2.06 bits per heavy atom. The normalized spacial score (nSPS) is 16.5. The maximum atomic E-state index is 16.6. The van der Waals surface area contributed by atoms with E-state index in [4.69, 9.17) is 21.1 Å². The quantitative estimate of drug-likeness (QED) is 0.106. The zero-order valence-electron chi connectivity index (χ0n) is 25.9. The van der Waals surface area contributed by atoms with Crippen LogP contribution in [0.25, 0.3) is 32.9 Å². The van der Waals surface area contributed by atoms with Crippen molar-refractivity contribution in [2.24, 2.45) is 0 Å². The topological polar surface area (TPSA) is 108 Å². The van der Waals surface area contributed by atoms with E-state index < -0.39 is 27.8 Å². The molecule has 1 aliphatic heterocycles. The average molecular weight is 782 g/mol. The minimum absolute atomic E-state index is 0.00950. The number of pyridine rings is 1. The number of halogens is 5. The number of alkyl halides is 2. The zero-order chi connectivity index (χ0) is 33.8. The minimum Gasteiger partial charge on any atom is -0.461 e. The number of aromatic nitrogens is 3. The molecule has 0 spiro atoms. The number of rotatable bonds is 11.